The Morgan fingerprint density at radius 2 is 1.61 bits per heavy atom. The van der Waals surface area contributed by atoms with Crippen molar-refractivity contribution in [3.8, 4) is 0 Å². The van der Waals surface area contributed by atoms with Gasteiger partial charge >= 0.3 is 0 Å². The van der Waals surface area contributed by atoms with Crippen molar-refractivity contribution in [2.45, 2.75) is 67.3 Å². The molecule has 0 fully saturated rings. The van der Waals surface area contributed by atoms with E-state index in [-0.39, 0.29) is 30.3 Å². The molecule has 33 heavy (non-hydrogen) atoms. The van der Waals surface area contributed by atoms with Crippen molar-refractivity contribution in [2.24, 2.45) is 11.3 Å². The summed E-state index contributed by atoms with van der Waals surface area (Å²) in [5.74, 6) is 0.615. The summed E-state index contributed by atoms with van der Waals surface area (Å²) in [5, 5.41) is 3.19. The van der Waals surface area contributed by atoms with Gasteiger partial charge in [-0.3, -0.25) is 9.59 Å². The van der Waals surface area contributed by atoms with Crippen LogP contribution in [-0.4, -0.2) is 18.3 Å². The number of carbonyl (C=O) groups is 2. The summed E-state index contributed by atoms with van der Waals surface area (Å²) in [5.41, 5.74) is 2.88. The second-order valence-corrected chi connectivity index (χ2v) is 9.15. The van der Waals surface area contributed by atoms with Gasteiger partial charge in [0.25, 0.3) is 0 Å². The van der Waals surface area contributed by atoms with E-state index in [1.54, 1.807) is 6.92 Å². The number of hydrogen-bond acceptors (Lipinski definition) is 3. The lowest BCUT2D eigenvalue weighted by molar-refractivity contribution is -0.136. The molecular formula is C29H39NO3. The molecular weight excluding hydrogens is 410 g/mol. The van der Waals surface area contributed by atoms with Gasteiger partial charge in [0.1, 0.15) is 12.4 Å². The minimum atomic E-state index is -0.763. The highest BCUT2D eigenvalue weighted by Gasteiger charge is 2.40. The number of allylic oxidation sites excluding steroid dienone is 1. The lowest BCUT2D eigenvalue weighted by Crippen LogP contribution is -2.47. The molecule has 0 aliphatic rings. The van der Waals surface area contributed by atoms with E-state index in [1.807, 2.05) is 82.3 Å². The van der Waals surface area contributed by atoms with Crippen molar-refractivity contribution in [2.75, 3.05) is 6.61 Å². The van der Waals surface area contributed by atoms with Crippen molar-refractivity contribution < 1.29 is 14.3 Å². The number of ether oxygens (including phenoxy) is 1. The molecule has 0 spiro atoms. The fourth-order valence-electron chi connectivity index (χ4n) is 4.02. The predicted molar refractivity (Wildman–Crippen MR) is 136 cm³/mol. The molecule has 4 nitrogen and oxygen atoms in total. The Kier molecular flexibility index (Phi) is 9.45. The molecule has 0 aromatic heterocycles. The molecule has 0 heterocycles. The highest BCUT2D eigenvalue weighted by molar-refractivity contribution is 6.00. The second-order valence-electron chi connectivity index (χ2n) is 9.15. The molecule has 4 heteroatoms. The van der Waals surface area contributed by atoms with Gasteiger partial charge in [-0.2, -0.15) is 0 Å². The van der Waals surface area contributed by atoms with E-state index in [4.69, 9.17) is 4.74 Å². The molecule has 3 unspecified atom stereocenters. The van der Waals surface area contributed by atoms with Gasteiger partial charge in [0.05, 0.1) is 11.5 Å². The van der Waals surface area contributed by atoms with Gasteiger partial charge < -0.3 is 10.1 Å². The van der Waals surface area contributed by atoms with Crippen molar-refractivity contribution in [3.63, 3.8) is 0 Å². The van der Waals surface area contributed by atoms with Crippen molar-refractivity contribution in [3.05, 3.63) is 76.9 Å². The minimum Gasteiger partial charge on any atom is -0.491 e. The number of amides is 1. The number of hydrogen-bond donors (Lipinski definition) is 1. The molecule has 0 saturated heterocycles. The molecule has 1 N–H and O–H groups in total. The molecule has 3 atom stereocenters. The van der Waals surface area contributed by atoms with E-state index in [0.29, 0.717) is 17.8 Å². The number of ketones is 1. The summed E-state index contributed by atoms with van der Waals surface area (Å²) in [6.45, 7) is 13.9. The number of aryl methyl sites for hydroxylation is 1. The molecule has 2 rings (SSSR count). The van der Waals surface area contributed by atoms with E-state index in [2.05, 4.69) is 19.2 Å². The Labute approximate surface area is 199 Å². The molecule has 0 saturated carbocycles. The SMILES string of the molecule is CC/C(C(C)=O)=C(/OCC(C)(C(=O)NC(C)c1ccccc1)C(C)CC)c1ccccc1C. The fraction of sp³-hybridized carbons (Fsp3) is 0.448. The van der Waals surface area contributed by atoms with Gasteiger partial charge in [0.2, 0.25) is 5.91 Å². The van der Waals surface area contributed by atoms with E-state index < -0.39 is 5.41 Å². The van der Waals surface area contributed by atoms with E-state index in [0.717, 1.165) is 23.1 Å². The van der Waals surface area contributed by atoms with Crippen LogP contribution in [0.5, 0.6) is 0 Å². The van der Waals surface area contributed by atoms with Gasteiger partial charge in [0, 0.05) is 11.1 Å². The quantitative estimate of drug-likeness (QED) is 0.309. The van der Waals surface area contributed by atoms with E-state index in [1.165, 1.54) is 0 Å². The lowest BCUT2D eigenvalue weighted by atomic mass is 9.76. The third-order valence-corrected chi connectivity index (χ3v) is 6.82. The summed E-state index contributed by atoms with van der Waals surface area (Å²) >= 11 is 0. The zero-order valence-electron chi connectivity index (χ0n) is 21.2. The van der Waals surface area contributed by atoms with E-state index >= 15 is 0 Å². The van der Waals surface area contributed by atoms with Crippen LogP contribution < -0.4 is 5.32 Å². The maximum absolute atomic E-state index is 13.6. The third kappa shape index (κ3) is 6.34. The summed E-state index contributed by atoms with van der Waals surface area (Å²) < 4.78 is 6.42. The average Bonchev–Trinajstić information content (AvgIpc) is 2.81. The van der Waals surface area contributed by atoms with Crippen LogP contribution in [0.25, 0.3) is 5.76 Å². The van der Waals surface area contributed by atoms with Crippen LogP contribution in [0.4, 0.5) is 0 Å². The second kappa shape index (κ2) is 11.8. The molecule has 0 bridgehead atoms. The van der Waals surface area contributed by atoms with Crippen LogP contribution in [0.15, 0.2) is 60.2 Å². The van der Waals surface area contributed by atoms with Crippen molar-refractivity contribution >= 4 is 17.4 Å². The zero-order valence-corrected chi connectivity index (χ0v) is 21.2. The number of nitrogens with one attached hydrogen (secondary N) is 1. The molecule has 2 aromatic carbocycles. The third-order valence-electron chi connectivity index (χ3n) is 6.82. The first-order valence-electron chi connectivity index (χ1n) is 11.9. The lowest BCUT2D eigenvalue weighted by Gasteiger charge is -2.35. The predicted octanol–water partition coefficient (Wildman–Crippen LogP) is 6.65. The Bertz CT molecular complexity index is 979. The van der Waals surface area contributed by atoms with Crippen LogP contribution in [0, 0.1) is 18.3 Å². The zero-order chi connectivity index (χ0) is 24.6. The largest absolute Gasteiger partial charge is 0.491 e. The molecule has 0 radical (unpaired) electrons. The van der Waals surface area contributed by atoms with Gasteiger partial charge in [-0.15, -0.1) is 0 Å². The number of Topliss-reactive ketones (excluding diaryl/α,β-unsaturated/α-hetero) is 1. The normalized spacial score (nSPS) is 15.6. The molecule has 0 aliphatic heterocycles. The van der Waals surface area contributed by atoms with Gasteiger partial charge in [-0.05, 0) is 51.2 Å². The minimum absolute atomic E-state index is 0.0110. The van der Waals surface area contributed by atoms with Crippen molar-refractivity contribution in [1.29, 1.82) is 0 Å². The van der Waals surface area contributed by atoms with Gasteiger partial charge in [-0.25, -0.2) is 0 Å². The first-order valence-corrected chi connectivity index (χ1v) is 11.9. The number of rotatable bonds is 11. The Morgan fingerprint density at radius 3 is 2.15 bits per heavy atom. The fourth-order valence-corrected chi connectivity index (χ4v) is 4.02. The Balaban J connectivity index is 2.38. The van der Waals surface area contributed by atoms with Gasteiger partial charge in [0.15, 0.2) is 5.78 Å². The smallest absolute Gasteiger partial charge is 0.230 e. The van der Waals surface area contributed by atoms with Crippen LogP contribution in [0.1, 0.15) is 77.1 Å². The maximum Gasteiger partial charge on any atom is 0.230 e. The highest BCUT2D eigenvalue weighted by atomic mass is 16.5. The number of benzene rings is 2. The number of carbonyl (C=O) groups excluding carboxylic acids is 2. The topological polar surface area (TPSA) is 55.4 Å². The van der Waals surface area contributed by atoms with Crippen LogP contribution in [0.2, 0.25) is 0 Å². The first kappa shape index (κ1) is 26.4. The van der Waals surface area contributed by atoms with Gasteiger partial charge in [-0.1, -0.05) is 81.8 Å². The summed E-state index contributed by atoms with van der Waals surface area (Å²) in [7, 11) is 0. The summed E-state index contributed by atoms with van der Waals surface area (Å²) in [6.07, 6.45) is 1.40. The summed E-state index contributed by atoms with van der Waals surface area (Å²) in [6, 6.07) is 17.7. The standard InChI is InChI=1S/C29H39NO3/c1-8-21(4)29(7,28(32)30-22(5)24-16-11-10-12-17-24)19-33-27(25(9-2)23(6)31)26-18-14-13-15-20(26)3/h10-18,21-22H,8-9,19H2,1-7H3,(H,30,32)/b27-25-. The molecule has 2 aromatic rings. The summed E-state index contributed by atoms with van der Waals surface area (Å²) in [4.78, 5) is 26.0. The average molecular weight is 450 g/mol. The van der Waals surface area contributed by atoms with Crippen molar-refractivity contribution in [1.82, 2.24) is 5.32 Å². The van der Waals surface area contributed by atoms with Crippen LogP contribution in [0.3, 0.4) is 0 Å². The first-order chi connectivity index (χ1) is 15.7. The molecule has 178 valence electrons. The van der Waals surface area contributed by atoms with E-state index in [9.17, 15) is 9.59 Å². The highest BCUT2D eigenvalue weighted by Crippen LogP contribution is 2.35. The van der Waals surface area contributed by atoms with Crippen LogP contribution >= 0.6 is 0 Å². The molecule has 0 aliphatic carbocycles. The maximum atomic E-state index is 13.6. The Morgan fingerprint density at radius 1 is 1.00 bits per heavy atom. The monoisotopic (exact) mass is 449 g/mol. The van der Waals surface area contributed by atoms with Crippen LogP contribution in [-0.2, 0) is 14.3 Å². The molecule has 1 amide bonds. The Hall–Kier alpha value is -2.88.